The highest BCUT2D eigenvalue weighted by atomic mass is 28.3. The summed E-state index contributed by atoms with van der Waals surface area (Å²) in [5.41, 5.74) is 0.890. The highest BCUT2D eigenvalue weighted by molar-refractivity contribution is 6.56. The molecule has 0 N–H and O–H groups in total. The van der Waals surface area contributed by atoms with Crippen LogP contribution in [0.15, 0.2) is 24.3 Å². The van der Waals surface area contributed by atoms with E-state index in [1.807, 2.05) is 0 Å². The van der Waals surface area contributed by atoms with Gasteiger partial charge < -0.3 is 13.6 Å². The van der Waals surface area contributed by atoms with Gasteiger partial charge in [0.1, 0.15) is 22.5 Å². The average Bonchev–Trinajstić information content (AvgIpc) is 2.53. The molecule has 2 aliphatic rings. The fraction of sp³-hybridized carbons (Fsp3) is 0.500. The minimum Gasteiger partial charge on any atom is -0.463 e. The minimum absolute atomic E-state index is 0.0745. The van der Waals surface area contributed by atoms with Crippen LogP contribution in [0.5, 0.6) is 0 Å². The molecule has 5 nitrogen and oxygen atoms in total. The van der Waals surface area contributed by atoms with E-state index in [-0.39, 0.29) is 16.4 Å². The Kier molecular flexibility index (Phi) is 8.82. The third-order valence-electron chi connectivity index (χ3n) is 3.06. The third-order valence-corrected chi connectivity index (χ3v) is 7.67. The van der Waals surface area contributed by atoms with Gasteiger partial charge in [-0.2, -0.15) is 0 Å². The number of benzene rings is 1. The van der Waals surface area contributed by atoms with Crippen molar-refractivity contribution in [1.29, 1.82) is 0 Å². The first kappa shape index (κ1) is 19.6. The van der Waals surface area contributed by atoms with Crippen molar-refractivity contribution in [2.75, 3.05) is 6.61 Å². The molecule has 0 aromatic heterocycles. The van der Waals surface area contributed by atoms with Crippen molar-refractivity contribution in [3.05, 3.63) is 35.4 Å². The number of fused-ring (bicyclic) bond motifs is 7. The molecule has 0 saturated carbocycles. The van der Waals surface area contributed by atoms with Gasteiger partial charge in [0.25, 0.3) is 0 Å². The van der Waals surface area contributed by atoms with Crippen LogP contribution in [0.3, 0.4) is 0 Å². The summed E-state index contributed by atoms with van der Waals surface area (Å²) in [6.07, 6.45) is 0.892. The molecule has 23 heavy (non-hydrogen) atoms. The van der Waals surface area contributed by atoms with E-state index in [4.69, 9.17) is 13.6 Å². The molecule has 0 spiro atoms. The van der Waals surface area contributed by atoms with Gasteiger partial charge in [0, 0.05) is 0 Å². The van der Waals surface area contributed by atoms with Crippen molar-refractivity contribution in [1.82, 2.24) is 0 Å². The van der Waals surface area contributed by atoms with Crippen LogP contribution >= 0.6 is 0 Å². The van der Waals surface area contributed by atoms with Crippen LogP contribution in [0.25, 0.3) is 0 Å². The van der Waals surface area contributed by atoms with Crippen LogP contribution < -0.4 is 0 Å². The zero-order valence-corrected chi connectivity index (χ0v) is 16.9. The molecule has 1 atom stereocenters. The van der Waals surface area contributed by atoms with Crippen molar-refractivity contribution < 1.29 is 23.2 Å². The lowest BCUT2D eigenvalue weighted by Gasteiger charge is -2.15. The van der Waals surface area contributed by atoms with E-state index >= 15 is 0 Å². The Labute approximate surface area is 142 Å². The molecule has 0 aliphatic carbocycles. The molecular formula is C16H26O5Si2. The number of ether oxygens (including phenoxy) is 2. The SMILES string of the molecule is CC1COC(=O)c2ccc(cc2)C(=O)O1.CCC[SiH2]O[SiH](C)C. The van der Waals surface area contributed by atoms with Gasteiger partial charge >= 0.3 is 11.9 Å². The van der Waals surface area contributed by atoms with Gasteiger partial charge in [-0.3, -0.25) is 0 Å². The predicted octanol–water partition coefficient (Wildman–Crippen LogP) is 2.30. The maximum Gasteiger partial charge on any atom is 0.338 e. The lowest BCUT2D eigenvalue weighted by Crippen LogP contribution is -2.23. The summed E-state index contributed by atoms with van der Waals surface area (Å²) in [6, 6.07) is 7.57. The molecule has 1 aromatic rings. The van der Waals surface area contributed by atoms with Gasteiger partial charge in [-0.15, -0.1) is 0 Å². The Morgan fingerprint density at radius 1 is 1.17 bits per heavy atom. The molecule has 128 valence electrons. The summed E-state index contributed by atoms with van der Waals surface area (Å²) < 4.78 is 15.5. The van der Waals surface area contributed by atoms with Gasteiger partial charge in [0.2, 0.25) is 0 Å². The van der Waals surface area contributed by atoms with Crippen LogP contribution in [0, 0.1) is 0 Å². The number of carbonyl (C=O) groups excluding carboxylic acids is 2. The van der Waals surface area contributed by atoms with Crippen molar-refractivity contribution in [2.24, 2.45) is 0 Å². The smallest absolute Gasteiger partial charge is 0.338 e. The molecule has 3 rings (SSSR count). The minimum atomic E-state index is -0.640. The molecule has 1 unspecified atom stereocenters. The number of rotatable bonds is 4. The topological polar surface area (TPSA) is 61.8 Å². The van der Waals surface area contributed by atoms with E-state index in [9.17, 15) is 9.59 Å². The van der Waals surface area contributed by atoms with Gasteiger partial charge in [0.05, 0.1) is 11.1 Å². The number of hydrogen-bond acceptors (Lipinski definition) is 5. The van der Waals surface area contributed by atoms with Crippen molar-refractivity contribution in [3.63, 3.8) is 0 Å². The monoisotopic (exact) mass is 354 g/mol. The maximum absolute atomic E-state index is 11.5. The van der Waals surface area contributed by atoms with Crippen molar-refractivity contribution >= 4 is 30.7 Å². The Balaban J connectivity index is 0.000000284. The summed E-state index contributed by atoms with van der Waals surface area (Å²) in [7, 11) is -0.715. The predicted molar refractivity (Wildman–Crippen MR) is 95.2 cm³/mol. The highest BCUT2D eigenvalue weighted by Crippen LogP contribution is 2.11. The quantitative estimate of drug-likeness (QED) is 0.472. The first-order chi connectivity index (χ1) is 10.9. The fourth-order valence-electron chi connectivity index (χ4n) is 1.77. The van der Waals surface area contributed by atoms with Crippen LogP contribution in [0.2, 0.25) is 19.1 Å². The standard InChI is InChI=1S/C11H10O4.C5H16OSi2/c1-7-6-14-10(12)8-2-4-9(5-3-8)11(13)15-7;1-4-5-7-6-8(2)3/h2-5,7H,6H2,1H3;8H,4-5,7H2,1-3H3. The van der Waals surface area contributed by atoms with E-state index in [1.165, 1.54) is 12.5 Å². The van der Waals surface area contributed by atoms with E-state index < -0.39 is 27.1 Å². The first-order valence-corrected chi connectivity index (χ1v) is 12.4. The van der Waals surface area contributed by atoms with Crippen LogP contribution in [-0.2, 0) is 13.6 Å². The molecule has 2 heterocycles. The highest BCUT2D eigenvalue weighted by Gasteiger charge is 2.17. The second-order valence-corrected chi connectivity index (χ2v) is 10.2. The van der Waals surface area contributed by atoms with Gasteiger partial charge in [-0.25, -0.2) is 9.59 Å². The molecule has 0 radical (unpaired) electrons. The van der Waals surface area contributed by atoms with Gasteiger partial charge in [-0.1, -0.05) is 13.3 Å². The van der Waals surface area contributed by atoms with E-state index in [0.29, 0.717) is 11.1 Å². The van der Waals surface area contributed by atoms with E-state index in [0.717, 1.165) is 0 Å². The summed E-state index contributed by atoms with van der Waals surface area (Å²) in [5, 5.41) is 0. The van der Waals surface area contributed by atoms with Crippen LogP contribution in [-0.4, -0.2) is 43.5 Å². The Morgan fingerprint density at radius 3 is 2.26 bits per heavy atom. The molecule has 0 fully saturated rings. The average molecular weight is 355 g/mol. The molecule has 7 heteroatoms. The largest absolute Gasteiger partial charge is 0.463 e. The Bertz CT molecular complexity index is 502. The molecule has 0 amide bonds. The fourth-order valence-corrected chi connectivity index (χ4v) is 4.61. The molecule has 2 bridgehead atoms. The van der Waals surface area contributed by atoms with Gasteiger partial charge in [-0.05, 0) is 50.3 Å². The summed E-state index contributed by atoms with van der Waals surface area (Å²) >= 11 is 0. The Morgan fingerprint density at radius 2 is 1.74 bits per heavy atom. The summed E-state index contributed by atoms with van der Waals surface area (Å²) in [6.45, 7) is 8.46. The van der Waals surface area contributed by atoms with Crippen LogP contribution in [0.4, 0.5) is 0 Å². The van der Waals surface area contributed by atoms with Crippen molar-refractivity contribution in [2.45, 2.75) is 45.5 Å². The van der Waals surface area contributed by atoms with E-state index in [2.05, 4.69) is 20.0 Å². The van der Waals surface area contributed by atoms with Gasteiger partial charge in [0.15, 0.2) is 9.04 Å². The zero-order chi connectivity index (χ0) is 17.2. The number of carbonyl (C=O) groups is 2. The summed E-state index contributed by atoms with van der Waals surface area (Å²) in [5.74, 6) is -0.793. The lowest BCUT2D eigenvalue weighted by molar-refractivity contribution is 0.00395. The normalized spacial score (nSPS) is 17.7. The molecule has 0 saturated heterocycles. The number of esters is 2. The van der Waals surface area contributed by atoms with E-state index in [1.54, 1.807) is 31.2 Å². The maximum atomic E-state index is 11.5. The van der Waals surface area contributed by atoms with Crippen molar-refractivity contribution in [3.8, 4) is 0 Å². The van der Waals surface area contributed by atoms with Crippen LogP contribution in [0.1, 0.15) is 41.0 Å². The zero-order valence-electron chi connectivity index (χ0n) is 14.3. The third kappa shape index (κ3) is 7.58. The molecular weight excluding hydrogens is 328 g/mol. The molecule has 2 aliphatic heterocycles. The Hall–Kier alpha value is -1.45. The number of hydrogen-bond donors (Lipinski definition) is 0. The first-order valence-electron chi connectivity index (χ1n) is 8.03. The second-order valence-electron chi connectivity index (χ2n) is 5.66. The molecule has 1 aromatic carbocycles. The summed E-state index contributed by atoms with van der Waals surface area (Å²) in [4.78, 5) is 22.9. The second kappa shape index (κ2) is 10.4. The lowest BCUT2D eigenvalue weighted by atomic mass is 10.1.